The minimum atomic E-state index is -1.01. The van der Waals surface area contributed by atoms with Crippen LogP contribution < -0.4 is 10.6 Å². The van der Waals surface area contributed by atoms with Gasteiger partial charge in [0.2, 0.25) is 19.1 Å². The molecule has 0 aliphatic carbocycles. The molecule has 0 radical (unpaired) electrons. The van der Waals surface area contributed by atoms with Gasteiger partial charge in [-0.2, -0.15) is 0 Å². The molecule has 2 aliphatic heterocycles. The Morgan fingerprint density at radius 3 is 2.70 bits per heavy atom. The highest BCUT2D eigenvalue weighted by Gasteiger charge is 2.56. The van der Waals surface area contributed by atoms with Crippen LogP contribution in [-0.4, -0.2) is 82.9 Å². The van der Waals surface area contributed by atoms with E-state index in [0.29, 0.717) is 12.2 Å². The van der Waals surface area contributed by atoms with Gasteiger partial charge in [-0.05, 0) is 34.6 Å². The van der Waals surface area contributed by atoms with Crippen LogP contribution in [0, 0.1) is 10.8 Å². The van der Waals surface area contributed by atoms with Gasteiger partial charge in [0.1, 0.15) is 23.7 Å². The number of nitrogens with one attached hydrogen (secondary N) is 2. The summed E-state index contributed by atoms with van der Waals surface area (Å²) in [6, 6.07) is -0.830. The van der Waals surface area contributed by atoms with Crippen LogP contribution in [0.15, 0.2) is 10.5 Å². The molecule has 15 heteroatoms. The van der Waals surface area contributed by atoms with E-state index in [9.17, 15) is 24.0 Å². The van der Waals surface area contributed by atoms with E-state index >= 15 is 0 Å². The van der Waals surface area contributed by atoms with Crippen molar-refractivity contribution in [2.75, 3.05) is 31.0 Å². The number of rotatable bonds is 10. The molecule has 0 saturated carbocycles. The maximum Gasteiger partial charge on any atom is 0.317 e. The van der Waals surface area contributed by atoms with Crippen molar-refractivity contribution in [3.8, 4) is 0 Å². The maximum atomic E-state index is 13.0. The number of fused-ring (bicyclic) bond motifs is 1. The SMILES string of the molecule is CCON=C(C(=O)NC1C(=O)N2CC(C)(C(=O)OCOC(=O)C(C)(C)C)CS[C@H]12)c1csc(NC=O)n1. The Labute approximate surface area is 221 Å². The molecule has 3 rings (SSSR count). The molecule has 1 aromatic rings. The third kappa shape index (κ3) is 6.39. The molecule has 2 saturated heterocycles. The Hall–Kier alpha value is -3.20. The highest BCUT2D eigenvalue weighted by molar-refractivity contribution is 8.00. The minimum Gasteiger partial charge on any atom is -0.427 e. The Kier molecular flexibility index (Phi) is 8.79. The lowest BCUT2D eigenvalue weighted by molar-refractivity contribution is -0.180. The minimum absolute atomic E-state index is 0.0919. The topological polar surface area (TPSA) is 166 Å². The second-order valence-electron chi connectivity index (χ2n) is 9.57. The molecule has 37 heavy (non-hydrogen) atoms. The lowest BCUT2D eigenvalue weighted by Gasteiger charge is -2.53. The third-order valence-electron chi connectivity index (χ3n) is 5.43. The van der Waals surface area contributed by atoms with E-state index in [-0.39, 0.29) is 41.0 Å². The number of thioether (sulfide) groups is 1. The first-order valence-corrected chi connectivity index (χ1v) is 13.3. The van der Waals surface area contributed by atoms with Crippen molar-refractivity contribution >= 4 is 64.1 Å². The lowest BCUT2D eigenvalue weighted by Crippen LogP contribution is -2.73. The first kappa shape index (κ1) is 28.4. The number of hydrogen-bond donors (Lipinski definition) is 2. The summed E-state index contributed by atoms with van der Waals surface area (Å²) in [5.74, 6) is -1.78. The summed E-state index contributed by atoms with van der Waals surface area (Å²) in [4.78, 5) is 71.7. The summed E-state index contributed by atoms with van der Waals surface area (Å²) >= 11 is 2.43. The molecule has 2 unspecified atom stereocenters. The molecule has 0 aromatic carbocycles. The normalized spacial score (nSPS) is 23.3. The van der Waals surface area contributed by atoms with Crippen molar-refractivity contribution < 1.29 is 38.3 Å². The van der Waals surface area contributed by atoms with Gasteiger partial charge in [-0.15, -0.1) is 23.1 Å². The average molecular weight is 556 g/mol. The van der Waals surface area contributed by atoms with E-state index < -0.39 is 41.5 Å². The van der Waals surface area contributed by atoms with Gasteiger partial charge in [-0.3, -0.25) is 24.0 Å². The molecule has 3 heterocycles. The van der Waals surface area contributed by atoms with E-state index in [4.69, 9.17) is 14.3 Å². The maximum absolute atomic E-state index is 13.0. The van der Waals surface area contributed by atoms with E-state index in [0.717, 1.165) is 11.3 Å². The van der Waals surface area contributed by atoms with Crippen LogP contribution in [0.2, 0.25) is 0 Å². The third-order valence-corrected chi connectivity index (χ3v) is 7.88. The molecular weight excluding hydrogens is 526 g/mol. The second kappa shape index (κ2) is 11.5. The van der Waals surface area contributed by atoms with Crippen LogP contribution >= 0.6 is 23.1 Å². The van der Waals surface area contributed by atoms with Gasteiger partial charge in [0.15, 0.2) is 10.8 Å². The van der Waals surface area contributed by atoms with Crippen molar-refractivity contribution in [1.29, 1.82) is 0 Å². The molecule has 0 bridgehead atoms. The molecule has 3 amide bonds. The molecule has 2 aliphatic rings. The zero-order valence-corrected chi connectivity index (χ0v) is 22.7. The van der Waals surface area contributed by atoms with E-state index in [1.807, 2.05) is 0 Å². The lowest BCUT2D eigenvalue weighted by atomic mass is 9.89. The van der Waals surface area contributed by atoms with Gasteiger partial charge in [0.05, 0.1) is 10.8 Å². The number of oxime groups is 1. The van der Waals surface area contributed by atoms with Crippen LogP contribution in [0.1, 0.15) is 40.3 Å². The van der Waals surface area contributed by atoms with Crippen molar-refractivity contribution in [2.45, 2.75) is 46.0 Å². The largest absolute Gasteiger partial charge is 0.427 e. The molecule has 13 nitrogen and oxygen atoms in total. The highest BCUT2D eigenvalue weighted by Crippen LogP contribution is 2.42. The molecule has 0 spiro atoms. The van der Waals surface area contributed by atoms with E-state index in [2.05, 4.69) is 20.8 Å². The predicted octanol–water partition coefficient (Wildman–Crippen LogP) is 0.948. The van der Waals surface area contributed by atoms with Crippen LogP contribution in [0.5, 0.6) is 0 Å². The summed E-state index contributed by atoms with van der Waals surface area (Å²) in [6.07, 6.45) is 0.464. The van der Waals surface area contributed by atoms with Gasteiger partial charge in [-0.25, -0.2) is 4.98 Å². The zero-order chi connectivity index (χ0) is 27.4. The predicted molar refractivity (Wildman–Crippen MR) is 134 cm³/mol. The highest BCUT2D eigenvalue weighted by atomic mass is 32.2. The number of anilines is 1. The van der Waals surface area contributed by atoms with Crippen LogP contribution in [0.3, 0.4) is 0 Å². The van der Waals surface area contributed by atoms with Gasteiger partial charge in [0, 0.05) is 17.7 Å². The summed E-state index contributed by atoms with van der Waals surface area (Å²) < 4.78 is 10.2. The van der Waals surface area contributed by atoms with E-state index in [1.165, 1.54) is 22.0 Å². The average Bonchev–Trinajstić information content (AvgIpc) is 3.30. The number of carbonyl (C=O) groups is 5. The van der Waals surface area contributed by atoms with Crippen molar-refractivity contribution in [3.63, 3.8) is 0 Å². The van der Waals surface area contributed by atoms with E-state index in [1.54, 1.807) is 34.6 Å². The number of esters is 2. The van der Waals surface area contributed by atoms with Gasteiger partial charge >= 0.3 is 11.9 Å². The van der Waals surface area contributed by atoms with Gasteiger partial charge < -0.3 is 29.8 Å². The van der Waals surface area contributed by atoms with Gasteiger partial charge in [-0.1, -0.05) is 5.16 Å². The Morgan fingerprint density at radius 2 is 2.05 bits per heavy atom. The Bertz CT molecular complexity index is 1100. The summed E-state index contributed by atoms with van der Waals surface area (Å²) in [7, 11) is 0. The van der Waals surface area contributed by atoms with Gasteiger partial charge in [0.25, 0.3) is 5.91 Å². The van der Waals surface area contributed by atoms with Crippen molar-refractivity contribution in [3.05, 3.63) is 11.1 Å². The smallest absolute Gasteiger partial charge is 0.317 e. The molecule has 202 valence electrons. The molecule has 2 fully saturated rings. The number of nitrogens with zero attached hydrogens (tertiary/aromatic N) is 3. The Balaban J connectivity index is 1.59. The number of hydrogen-bond acceptors (Lipinski definition) is 12. The fourth-order valence-electron chi connectivity index (χ4n) is 3.40. The number of β-lactam (4-membered cyclic amide) rings is 1. The van der Waals surface area contributed by atoms with Crippen LogP contribution in [0.25, 0.3) is 0 Å². The molecule has 2 N–H and O–H groups in total. The van der Waals surface area contributed by atoms with Crippen molar-refractivity contribution in [2.24, 2.45) is 16.0 Å². The van der Waals surface area contributed by atoms with Crippen LogP contribution in [-0.2, 0) is 38.3 Å². The first-order valence-electron chi connectivity index (χ1n) is 11.3. The fraction of sp³-hybridized carbons (Fsp3) is 0.591. The zero-order valence-electron chi connectivity index (χ0n) is 21.1. The van der Waals surface area contributed by atoms with Crippen LogP contribution in [0.4, 0.5) is 5.13 Å². The standard InChI is InChI=1S/C22H29N5O8S2/c1-6-35-26-13(12-7-36-20(24-12)23-10-28)15(29)25-14-16(30)27-8-22(5,9-37-17(14)27)19(32)34-11-33-18(31)21(2,3)4/h7,10,14,17H,6,8-9,11H2,1-5H3,(H,25,29)(H,23,24,28)/t14?,17-,22?/m1/s1. The quantitative estimate of drug-likeness (QED) is 0.106. The van der Waals surface area contributed by atoms with Crippen molar-refractivity contribution in [1.82, 2.24) is 15.2 Å². The Morgan fingerprint density at radius 1 is 1.32 bits per heavy atom. The number of ether oxygens (including phenoxy) is 2. The molecule has 3 atom stereocenters. The number of amides is 3. The fourth-order valence-corrected chi connectivity index (χ4v) is 5.53. The summed E-state index contributed by atoms with van der Waals surface area (Å²) in [5.41, 5.74) is -1.69. The summed E-state index contributed by atoms with van der Waals surface area (Å²) in [6.45, 7) is 8.22. The number of aromatic nitrogens is 1. The second-order valence-corrected chi connectivity index (χ2v) is 11.5. The number of thiazole rings is 1. The molecule has 1 aromatic heterocycles. The first-order chi connectivity index (χ1) is 17.4. The molecular formula is C22H29N5O8S2. The summed E-state index contributed by atoms with van der Waals surface area (Å²) in [5, 5.41) is 10.3. The number of carbonyl (C=O) groups excluding carboxylic acids is 5. The monoisotopic (exact) mass is 555 g/mol.